The van der Waals surface area contributed by atoms with Gasteiger partial charge < -0.3 is 14.6 Å². The van der Waals surface area contributed by atoms with Gasteiger partial charge in [-0.05, 0) is 55.0 Å². The fourth-order valence-electron chi connectivity index (χ4n) is 3.92. The molecule has 0 fully saturated rings. The molecule has 2 amide bonds. The summed E-state index contributed by atoms with van der Waals surface area (Å²) in [5.74, 6) is -5.78. The van der Waals surface area contributed by atoms with Gasteiger partial charge in [0.2, 0.25) is 12.2 Å². The van der Waals surface area contributed by atoms with Crippen LogP contribution in [0.2, 0.25) is 0 Å². The van der Waals surface area contributed by atoms with Crippen molar-refractivity contribution in [2.45, 2.75) is 26.1 Å². The molecule has 10 nitrogen and oxygen atoms in total. The third-order valence-corrected chi connectivity index (χ3v) is 6.15. The topological polar surface area (TPSA) is 148 Å². The predicted molar refractivity (Wildman–Crippen MR) is 148 cm³/mol. The molecule has 0 saturated carbocycles. The fourth-order valence-corrected chi connectivity index (χ4v) is 3.92. The van der Waals surface area contributed by atoms with Crippen LogP contribution in [-0.4, -0.2) is 47.0 Å². The van der Waals surface area contributed by atoms with E-state index in [2.05, 4.69) is 10.9 Å². The van der Waals surface area contributed by atoms with Gasteiger partial charge in [-0.3, -0.25) is 20.4 Å². The van der Waals surface area contributed by atoms with Crippen LogP contribution in [0.3, 0.4) is 0 Å². The van der Waals surface area contributed by atoms with E-state index in [9.17, 15) is 29.1 Å². The van der Waals surface area contributed by atoms with Gasteiger partial charge in [-0.15, -0.1) is 0 Å². The van der Waals surface area contributed by atoms with E-state index >= 15 is 0 Å². The zero-order valence-corrected chi connectivity index (χ0v) is 22.1. The number of hydrogen-bond donors (Lipinski definition) is 3. The minimum Gasteiger partial charge on any atom is -0.478 e. The summed E-state index contributed by atoms with van der Waals surface area (Å²) in [4.78, 5) is 63.9. The summed E-state index contributed by atoms with van der Waals surface area (Å²) in [7, 11) is 0. The Balaban J connectivity index is 1.58. The number of carboxylic acid groups (broad SMARTS) is 1. The molecule has 0 aliphatic carbocycles. The Hall–Kier alpha value is -5.51. The van der Waals surface area contributed by atoms with Gasteiger partial charge in [-0.25, -0.2) is 14.4 Å². The molecule has 0 radical (unpaired) electrons. The lowest BCUT2D eigenvalue weighted by Gasteiger charge is -2.23. The number of amides is 2. The first-order valence-electron chi connectivity index (χ1n) is 12.5. The van der Waals surface area contributed by atoms with Crippen molar-refractivity contribution in [2.75, 3.05) is 0 Å². The van der Waals surface area contributed by atoms with Gasteiger partial charge in [0, 0.05) is 5.56 Å². The number of aliphatic carboxylic acids is 1. The molecular formula is C31H26N2O8. The second-order valence-corrected chi connectivity index (χ2v) is 9.19. The van der Waals surface area contributed by atoms with Crippen LogP contribution in [0.25, 0.3) is 10.8 Å². The van der Waals surface area contributed by atoms with Crippen LogP contribution in [0.15, 0.2) is 91.0 Å². The Morgan fingerprint density at radius 2 is 1.15 bits per heavy atom. The van der Waals surface area contributed by atoms with Gasteiger partial charge in [-0.2, -0.15) is 0 Å². The zero-order valence-electron chi connectivity index (χ0n) is 22.1. The third-order valence-electron chi connectivity index (χ3n) is 6.15. The van der Waals surface area contributed by atoms with Gasteiger partial charge in [0.15, 0.2) is 0 Å². The summed E-state index contributed by atoms with van der Waals surface area (Å²) in [6, 6.07) is 24.3. The van der Waals surface area contributed by atoms with Crippen molar-refractivity contribution >= 4 is 40.5 Å². The van der Waals surface area contributed by atoms with Crippen molar-refractivity contribution in [3.8, 4) is 0 Å². The number of ether oxygens (including phenoxy) is 2. The molecule has 4 rings (SSSR count). The number of carboxylic acids is 1. The van der Waals surface area contributed by atoms with Crippen LogP contribution in [0.1, 0.15) is 42.2 Å². The molecule has 10 heteroatoms. The molecule has 0 aliphatic heterocycles. The second-order valence-electron chi connectivity index (χ2n) is 9.19. The lowest BCUT2D eigenvalue weighted by atomic mass is 10.0. The van der Waals surface area contributed by atoms with Crippen LogP contribution < -0.4 is 10.9 Å². The number of nitrogens with one attached hydrogen (secondary N) is 2. The van der Waals surface area contributed by atoms with Crippen molar-refractivity contribution in [2.24, 2.45) is 0 Å². The molecule has 208 valence electrons. The molecule has 0 heterocycles. The first kappa shape index (κ1) is 28.5. The molecule has 2 atom stereocenters. The van der Waals surface area contributed by atoms with Gasteiger partial charge >= 0.3 is 17.9 Å². The molecule has 0 aliphatic rings. The molecule has 0 saturated heterocycles. The Bertz CT molecular complexity index is 1610. The highest BCUT2D eigenvalue weighted by atomic mass is 16.6. The molecule has 0 bridgehead atoms. The lowest BCUT2D eigenvalue weighted by Crippen LogP contribution is -2.54. The van der Waals surface area contributed by atoms with E-state index in [4.69, 9.17) is 9.47 Å². The standard InChI is InChI=1S/C31H26N2O8/c1-18-10-14-21(15-11-18)30(38)40-25(26(29(36)37)41-31(39)22-16-12-19(2)13-17-22)28(35)33-32-27(34)24-9-5-7-20-6-3-4-8-23(20)24/h3-17,25-26H,1-2H3,(H,32,34)(H,33,35)(H,36,37)/t25-,26-/m0/s1. The molecule has 4 aromatic carbocycles. The zero-order chi connectivity index (χ0) is 29.5. The Morgan fingerprint density at radius 1 is 0.634 bits per heavy atom. The maximum absolute atomic E-state index is 13.2. The number of esters is 2. The normalized spacial score (nSPS) is 12.0. The van der Waals surface area contributed by atoms with E-state index < -0.39 is 41.9 Å². The monoisotopic (exact) mass is 554 g/mol. The molecule has 0 spiro atoms. The summed E-state index contributed by atoms with van der Waals surface area (Å²) in [6.07, 6.45) is -4.41. The maximum Gasteiger partial charge on any atom is 0.349 e. The number of fused-ring (bicyclic) bond motifs is 1. The molecule has 4 aromatic rings. The number of carbonyl (C=O) groups excluding carboxylic acids is 4. The van der Waals surface area contributed by atoms with Crippen LogP contribution >= 0.6 is 0 Å². The number of hydrazine groups is 1. The van der Waals surface area contributed by atoms with Crippen LogP contribution in [0, 0.1) is 13.8 Å². The van der Waals surface area contributed by atoms with Gasteiger partial charge in [0.25, 0.3) is 11.8 Å². The van der Waals surface area contributed by atoms with E-state index in [0.29, 0.717) is 5.39 Å². The van der Waals surface area contributed by atoms with Gasteiger partial charge in [-0.1, -0.05) is 71.8 Å². The second kappa shape index (κ2) is 12.6. The number of rotatable bonds is 8. The number of benzene rings is 4. The highest BCUT2D eigenvalue weighted by Gasteiger charge is 2.41. The number of carbonyl (C=O) groups is 5. The number of hydrogen-bond acceptors (Lipinski definition) is 7. The lowest BCUT2D eigenvalue weighted by molar-refractivity contribution is -0.159. The van der Waals surface area contributed by atoms with Crippen molar-refractivity contribution in [3.05, 3.63) is 119 Å². The Labute approximate surface area is 234 Å². The summed E-state index contributed by atoms with van der Waals surface area (Å²) in [5, 5.41) is 11.3. The summed E-state index contributed by atoms with van der Waals surface area (Å²) in [5.41, 5.74) is 6.30. The summed E-state index contributed by atoms with van der Waals surface area (Å²) in [6.45, 7) is 3.60. The molecular weight excluding hydrogens is 528 g/mol. The van der Waals surface area contributed by atoms with E-state index in [0.717, 1.165) is 16.5 Å². The molecule has 0 unspecified atom stereocenters. The number of aryl methyl sites for hydroxylation is 2. The van der Waals surface area contributed by atoms with E-state index in [1.54, 1.807) is 62.4 Å². The summed E-state index contributed by atoms with van der Waals surface area (Å²) >= 11 is 0. The van der Waals surface area contributed by atoms with Gasteiger partial charge in [0.05, 0.1) is 11.1 Å². The van der Waals surface area contributed by atoms with Gasteiger partial charge in [0.1, 0.15) is 0 Å². The van der Waals surface area contributed by atoms with Crippen molar-refractivity contribution in [1.29, 1.82) is 0 Å². The quantitative estimate of drug-likeness (QED) is 0.220. The van der Waals surface area contributed by atoms with E-state index in [1.807, 2.05) is 18.2 Å². The van der Waals surface area contributed by atoms with Crippen molar-refractivity contribution in [3.63, 3.8) is 0 Å². The first-order chi connectivity index (χ1) is 19.6. The minimum atomic E-state index is -2.24. The van der Waals surface area contributed by atoms with Crippen LogP contribution in [0.4, 0.5) is 0 Å². The largest absolute Gasteiger partial charge is 0.478 e. The predicted octanol–water partition coefficient (Wildman–Crippen LogP) is 3.75. The average Bonchev–Trinajstić information content (AvgIpc) is 2.97. The fraction of sp³-hybridized carbons (Fsp3) is 0.129. The van der Waals surface area contributed by atoms with Crippen molar-refractivity contribution < 1.29 is 38.6 Å². The molecule has 41 heavy (non-hydrogen) atoms. The van der Waals surface area contributed by atoms with Crippen LogP contribution in [-0.2, 0) is 19.1 Å². The molecule has 3 N–H and O–H groups in total. The van der Waals surface area contributed by atoms with E-state index in [1.165, 1.54) is 24.3 Å². The summed E-state index contributed by atoms with van der Waals surface area (Å²) < 4.78 is 10.4. The SMILES string of the molecule is Cc1ccc(C(=O)O[C@H](C(=O)O)[C@H](OC(=O)c2ccc(C)cc2)C(=O)NNC(=O)c2cccc3ccccc23)cc1. The highest BCUT2D eigenvalue weighted by Crippen LogP contribution is 2.18. The third kappa shape index (κ3) is 6.93. The first-order valence-corrected chi connectivity index (χ1v) is 12.5. The smallest absolute Gasteiger partial charge is 0.349 e. The Kier molecular flexibility index (Phi) is 8.73. The van der Waals surface area contributed by atoms with E-state index in [-0.39, 0.29) is 16.7 Å². The maximum atomic E-state index is 13.2. The van der Waals surface area contributed by atoms with Crippen LogP contribution in [0.5, 0.6) is 0 Å². The van der Waals surface area contributed by atoms with Crippen molar-refractivity contribution in [1.82, 2.24) is 10.9 Å². The Morgan fingerprint density at radius 3 is 1.71 bits per heavy atom. The highest BCUT2D eigenvalue weighted by molar-refractivity contribution is 6.07. The minimum absolute atomic E-state index is 0.0233. The average molecular weight is 555 g/mol. The molecule has 0 aromatic heterocycles.